The molecular formula is C16H16BrNO3. The second-order valence-corrected chi connectivity index (χ2v) is 6.00. The SMILES string of the molecule is C[C@@H](Cc1ccc2c(c1)CCO2)NC(=O)c1ccc(Br)o1. The molecule has 0 spiro atoms. The van der Waals surface area contributed by atoms with Crippen LogP contribution in [0, 0.1) is 0 Å². The van der Waals surface area contributed by atoms with Gasteiger partial charge < -0.3 is 14.5 Å². The van der Waals surface area contributed by atoms with Crippen molar-refractivity contribution < 1.29 is 13.9 Å². The van der Waals surface area contributed by atoms with E-state index in [4.69, 9.17) is 9.15 Å². The molecule has 0 saturated carbocycles. The third-order valence-electron chi connectivity index (χ3n) is 3.47. The summed E-state index contributed by atoms with van der Waals surface area (Å²) >= 11 is 3.19. The summed E-state index contributed by atoms with van der Waals surface area (Å²) in [4.78, 5) is 12.0. The fraction of sp³-hybridized carbons (Fsp3) is 0.312. The number of halogens is 1. The van der Waals surface area contributed by atoms with E-state index in [0.717, 1.165) is 25.2 Å². The number of hydrogen-bond acceptors (Lipinski definition) is 3. The second-order valence-electron chi connectivity index (χ2n) is 5.22. The molecule has 1 aliphatic heterocycles. The Morgan fingerprint density at radius 1 is 1.38 bits per heavy atom. The number of furan rings is 1. The van der Waals surface area contributed by atoms with Crippen LogP contribution in [0.1, 0.15) is 28.6 Å². The van der Waals surface area contributed by atoms with Crippen molar-refractivity contribution in [2.75, 3.05) is 6.61 Å². The predicted octanol–water partition coefficient (Wildman–Crippen LogP) is 3.34. The summed E-state index contributed by atoms with van der Waals surface area (Å²) in [6.07, 6.45) is 1.74. The molecule has 1 atom stereocenters. The number of rotatable bonds is 4. The van der Waals surface area contributed by atoms with Gasteiger partial charge in [0, 0.05) is 12.5 Å². The average Bonchev–Trinajstić information content (AvgIpc) is 3.06. The molecule has 1 aromatic heterocycles. The van der Waals surface area contributed by atoms with Crippen LogP contribution >= 0.6 is 15.9 Å². The summed E-state index contributed by atoms with van der Waals surface area (Å²) in [5.41, 5.74) is 2.45. The van der Waals surface area contributed by atoms with Gasteiger partial charge in [-0.1, -0.05) is 12.1 Å². The molecule has 0 fully saturated rings. The zero-order chi connectivity index (χ0) is 14.8. The minimum Gasteiger partial charge on any atom is -0.493 e. The second kappa shape index (κ2) is 5.93. The highest BCUT2D eigenvalue weighted by atomic mass is 79.9. The minimum atomic E-state index is -0.197. The molecule has 2 heterocycles. The molecule has 5 heteroatoms. The highest BCUT2D eigenvalue weighted by molar-refractivity contribution is 9.10. The van der Waals surface area contributed by atoms with Crippen LogP contribution in [0.2, 0.25) is 0 Å². The highest BCUT2D eigenvalue weighted by Crippen LogP contribution is 2.26. The van der Waals surface area contributed by atoms with Crippen LogP contribution in [-0.2, 0) is 12.8 Å². The van der Waals surface area contributed by atoms with E-state index >= 15 is 0 Å². The monoisotopic (exact) mass is 349 g/mol. The van der Waals surface area contributed by atoms with E-state index in [0.29, 0.717) is 10.4 Å². The van der Waals surface area contributed by atoms with Gasteiger partial charge in [-0.2, -0.15) is 0 Å². The summed E-state index contributed by atoms with van der Waals surface area (Å²) in [6.45, 7) is 2.75. The van der Waals surface area contributed by atoms with E-state index in [1.165, 1.54) is 11.1 Å². The Balaban J connectivity index is 1.61. The first-order valence-electron chi connectivity index (χ1n) is 6.92. The Kier molecular flexibility index (Phi) is 4.01. The van der Waals surface area contributed by atoms with E-state index < -0.39 is 0 Å². The van der Waals surface area contributed by atoms with Crippen LogP contribution < -0.4 is 10.1 Å². The van der Waals surface area contributed by atoms with Crippen molar-refractivity contribution in [3.63, 3.8) is 0 Å². The van der Waals surface area contributed by atoms with E-state index in [1.54, 1.807) is 12.1 Å². The fourth-order valence-electron chi connectivity index (χ4n) is 2.50. The molecule has 1 amide bonds. The van der Waals surface area contributed by atoms with E-state index in [1.807, 2.05) is 13.0 Å². The number of ether oxygens (including phenoxy) is 1. The van der Waals surface area contributed by atoms with Gasteiger partial charge in [0.2, 0.25) is 0 Å². The number of benzene rings is 1. The maximum atomic E-state index is 12.0. The van der Waals surface area contributed by atoms with Crippen molar-refractivity contribution in [3.8, 4) is 5.75 Å². The number of fused-ring (bicyclic) bond motifs is 1. The Hall–Kier alpha value is -1.75. The Morgan fingerprint density at radius 3 is 3.00 bits per heavy atom. The molecule has 0 unspecified atom stereocenters. The summed E-state index contributed by atoms with van der Waals surface area (Å²) in [6, 6.07) is 9.61. The van der Waals surface area contributed by atoms with Crippen molar-refractivity contribution in [1.82, 2.24) is 5.32 Å². The molecule has 1 N–H and O–H groups in total. The summed E-state index contributed by atoms with van der Waals surface area (Å²) in [5.74, 6) is 1.10. The minimum absolute atomic E-state index is 0.0294. The lowest BCUT2D eigenvalue weighted by molar-refractivity contribution is 0.0911. The number of amides is 1. The van der Waals surface area contributed by atoms with Gasteiger partial charge >= 0.3 is 0 Å². The lowest BCUT2D eigenvalue weighted by Gasteiger charge is -2.13. The molecule has 2 aromatic rings. The van der Waals surface area contributed by atoms with Crippen LogP contribution in [0.4, 0.5) is 0 Å². The third kappa shape index (κ3) is 3.29. The summed E-state index contributed by atoms with van der Waals surface area (Å²) in [7, 11) is 0. The van der Waals surface area contributed by atoms with Crippen LogP contribution in [0.15, 0.2) is 39.4 Å². The van der Waals surface area contributed by atoms with Crippen LogP contribution in [0.5, 0.6) is 5.75 Å². The topological polar surface area (TPSA) is 51.5 Å². The first kappa shape index (κ1) is 14.2. The Labute approximate surface area is 131 Å². The average molecular weight is 350 g/mol. The summed E-state index contributed by atoms with van der Waals surface area (Å²) < 4.78 is 11.3. The van der Waals surface area contributed by atoms with Crippen molar-refractivity contribution in [2.45, 2.75) is 25.8 Å². The molecule has 0 aliphatic carbocycles. The smallest absolute Gasteiger partial charge is 0.287 e. The largest absolute Gasteiger partial charge is 0.493 e. The molecule has 110 valence electrons. The van der Waals surface area contributed by atoms with Crippen LogP contribution in [-0.4, -0.2) is 18.6 Å². The molecule has 0 saturated heterocycles. The van der Waals surface area contributed by atoms with Gasteiger partial charge in [0.25, 0.3) is 5.91 Å². The van der Waals surface area contributed by atoms with Crippen LogP contribution in [0.3, 0.4) is 0 Å². The third-order valence-corrected chi connectivity index (χ3v) is 3.90. The molecule has 3 rings (SSSR count). The van der Waals surface area contributed by atoms with Gasteiger partial charge in [-0.15, -0.1) is 0 Å². The number of nitrogens with one attached hydrogen (secondary N) is 1. The van der Waals surface area contributed by atoms with Gasteiger partial charge in [0.05, 0.1) is 6.61 Å². The Bertz CT molecular complexity index is 665. The zero-order valence-electron chi connectivity index (χ0n) is 11.7. The van der Waals surface area contributed by atoms with E-state index in [2.05, 4.69) is 33.4 Å². The molecule has 0 bridgehead atoms. The number of hydrogen-bond donors (Lipinski definition) is 1. The van der Waals surface area contributed by atoms with Crippen LogP contribution in [0.25, 0.3) is 0 Å². The van der Waals surface area contributed by atoms with Gasteiger partial charge in [-0.3, -0.25) is 4.79 Å². The maximum Gasteiger partial charge on any atom is 0.287 e. The van der Waals surface area contributed by atoms with Crippen molar-refractivity contribution >= 4 is 21.8 Å². The fourth-order valence-corrected chi connectivity index (χ4v) is 2.81. The Morgan fingerprint density at radius 2 is 2.24 bits per heavy atom. The van der Waals surface area contributed by atoms with Gasteiger partial charge in [0.1, 0.15) is 5.75 Å². The van der Waals surface area contributed by atoms with Gasteiger partial charge in [-0.05, 0) is 58.6 Å². The normalized spacial score (nSPS) is 14.4. The molecular weight excluding hydrogens is 334 g/mol. The van der Waals surface area contributed by atoms with E-state index in [9.17, 15) is 4.79 Å². The standard InChI is InChI=1S/C16H16BrNO3/c1-10(18-16(19)14-4-5-15(17)21-14)8-11-2-3-13-12(9-11)6-7-20-13/h2-5,9-10H,6-8H2,1H3,(H,18,19)/t10-/m0/s1. The molecule has 1 aromatic carbocycles. The van der Waals surface area contributed by atoms with E-state index in [-0.39, 0.29) is 11.9 Å². The highest BCUT2D eigenvalue weighted by Gasteiger charge is 2.16. The molecule has 4 nitrogen and oxygen atoms in total. The van der Waals surface area contributed by atoms with Gasteiger partial charge in [0.15, 0.2) is 10.4 Å². The predicted molar refractivity (Wildman–Crippen MR) is 82.7 cm³/mol. The number of carbonyl (C=O) groups excluding carboxylic acids is 1. The van der Waals surface area contributed by atoms with Crippen molar-refractivity contribution in [1.29, 1.82) is 0 Å². The zero-order valence-corrected chi connectivity index (χ0v) is 13.3. The van der Waals surface area contributed by atoms with Crippen molar-refractivity contribution in [2.24, 2.45) is 0 Å². The number of carbonyl (C=O) groups is 1. The summed E-state index contributed by atoms with van der Waals surface area (Å²) in [5, 5.41) is 2.94. The first-order chi connectivity index (χ1) is 10.1. The lowest BCUT2D eigenvalue weighted by Crippen LogP contribution is -2.33. The van der Waals surface area contributed by atoms with Gasteiger partial charge in [-0.25, -0.2) is 0 Å². The molecule has 1 aliphatic rings. The molecule has 21 heavy (non-hydrogen) atoms. The maximum absolute atomic E-state index is 12.0. The molecule has 0 radical (unpaired) electrons. The lowest BCUT2D eigenvalue weighted by atomic mass is 10.0. The van der Waals surface area contributed by atoms with Crippen molar-refractivity contribution in [3.05, 3.63) is 51.9 Å². The quantitative estimate of drug-likeness (QED) is 0.920. The first-order valence-corrected chi connectivity index (χ1v) is 7.72.